The molecule has 0 bridgehead atoms. The van der Waals surface area contributed by atoms with Crippen LogP contribution in [0.15, 0.2) is 24.3 Å². The maximum absolute atomic E-state index is 12.7. The van der Waals surface area contributed by atoms with Gasteiger partial charge in [-0.3, -0.25) is 9.80 Å². The Balaban J connectivity index is 1.74. The van der Waals surface area contributed by atoms with E-state index >= 15 is 0 Å². The Morgan fingerprint density at radius 2 is 1.41 bits per heavy atom. The Hall–Kier alpha value is -2.24. The molecule has 1 aromatic carbocycles. The molecule has 1 spiro atoms. The first kappa shape index (κ1) is 12.3. The third-order valence-electron chi connectivity index (χ3n) is 5.81. The SMILES string of the molecule is O=C1NC23CCCCC24N1Cc1ccccc1CN4C(=O)N3. The van der Waals surface area contributed by atoms with E-state index in [1.807, 2.05) is 21.9 Å². The number of rotatable bonds is 0. The fourth-order valence-electron chi connectivity index (χ4n) is 4.86. The monoisotopic (exact) mass is 298 g/mol. The predicted octanol–water partition coefficient (Wildman–Crippen LogP) is 1.72. The Morgan fingerprint density at radius 1 is 0.864 bits per heavy atom. The van der Waals surface area contributed by atoms with Gasteiger partial charge in [-0.15, -0.1) is 0 Å². The lowest BCUT2D eigenvalue weighted by atomic mass is 9.79. The summed E-state index contributed by atoms with van der Waals surface area (Å²) >= 11 is 0. The Bertz CT molecular complexity index is 654. The molecule has 1 aliphatic carbocycles. The highest BCUT2D eigenvalue weighted by Crippen LogP contribution is 2.52. The van der Waals surface area contributed by atoms with Crippen LogP contribution in [0, 0.1) is 0 Å². The summed E-state index contributed by atoms with van der Waals surface area (Å²) < 4.78 is 0. The van der Waals surface area contributed by atoms with E-state index in [9.17, 15) is 9.59 Å². The highest BCUT2D eigenvalue weighted by molar-refractivity contribution is 5.88. The van der Waals surface area contributed by atoms with Crippen molar-refractivity contribution in [2.45, 2.75) is 50.1 Å². The van der Waals surface area contributed by atoms with Crippen molar-refractivity contribution in [1.29, 1.82) is 0 Å². The molecule has 1 saturated carbocycles. The molecule has 1 aromatic rings. The molecule has 0 radical (unpaired) electrons. The Labute approximate surface area is 128 Å². The molecule has 0 aromatic heterocycles. The van der Waals surface area contributed by atoms with Crippen molar-refractivity contribution in [3.05, 3.63) is 35.4 Å². The summed E-state index contributed by atoms with van der Waals surface area (Å²) in [5.41, 5.74) is 1.09. The summed E-state index contributed by atoms with van der Waals surface area (Å²) in [5.74, 6) is 0. The molecule has 5 rings (SSSR count). The Morgan fingerprint density at radius 3 is 2.00 bits per heavy atom. The summed E-state index contributed by atoms with van der Waals surface area (Å²) in [7, 11) is 0. The van der Waals surface area contributed by atoms with Crippen LogP contribution in [0.25, 0.3) is 0 Å². The minimum absolute atomic E-state index is 0.0661. The second-order valence-electron chi connectivity index (χ2n) is 6.73. The second-order valence-corrected chi connectivity index (χ2v) is 6.73. The van der Waals surface area contributed by atoms with E-state index in [0.717, 1.165) is 36.8 Å². The lowest BCUT2D eigenvalue weighted by Gasteiger charge is -2.48. The number of nitrogens with one attached hydrogen (secondary N) is 2. The van der Waals surface area contributed by atoms with Crippen LogP contribution in [0.4, 0.5) is 9.59 Å². The van der Waals surface area contributed by atoms with Crippen molar-refractivity contribution in [2.24, 2.45) is 0 Å². The molecule has 4 aliphatic rings. The van der Waals surface area contributed by atoms with Crippen LogP contribution >= 0.6 is 0 Å². The quantitative estimate of drug-likeness (QED) is 0.766. The number of carbonyl (C=O) groups is 2. The number of benzene rings is 1. The molecular weight excluding hydrogens is 280 g/mol. The fraction of sp³-hybridized carbons (Fsp3) is 0.500. The van der Waals surface area contributed by atoms with Crippen LogP contribution in [0.1, 0.15) is 36.8 Å². The third-order valence-corrected chi connectivity index (χ3v) is 5.81. The molecule has 114 valence electrons. The summed E-state index contributed by atoms with van der Waals surface area (Å²) in [5, 5.41) is 6.19. The first-order chi connectivity index (χ1) is 10.7. The van der Waals surface area contributed by atoms with Gasteiger partial charge in [0.1, 0.15) is 0 Å². The first-order valence-electron chi connectivity index (χ1n) is 7.93. The molecule has 0 unspecified atom stereocenters. The average molecular weight is 298 g/mol. The molecule has 3 heterocycles. The summed E-state index contributed by atoms with van der Waals surface area (Å²) in [6.45, 7) is 1.13. The van der Waals surface area contributed by atoms with E-state index in [0.29, 0.717) is 13.1 Å². The largest absolute Gasteiger partial charge is 0.321 e. The van der Waals surface area contributed by atoms with Gasteiger partial charge in [-0.05, 0) is 36.8 Å². The summed E-state index contributed by atoms with van der Waals surface area (Å²) in [6.07, 6.45) is 3.69. The van der Waals surface area contributed by atoms with Crippen molar-refractivity contribution < 1.29 is 9.59 Å². The van der Waals surface area contributed by atoms with Crippen LogP contribution in [0.2, 0.25) is 0 Å². The van der Waals surface area contributed by atoms with Gasteiger partial charge in [0.15, 0.2) is 11.3 Å². The standard InChI is InChI=1S/C16H18N4O2/c21-13-17-15-7-3-4-8-16(15)19(13)9-11-5-1-2-6-12(11)10-20(16)14(22)18-15/h1-2,5-6H,3-4,7-10H2,(H,17,21)(H,18,22). The topological polar surface area (TPSA) is 64.7 Å². The number of fused-ring (bicyclic) bond motifs is 1. The van der Waals surface area contributed by atoms with Crippen molar-refractivity contribution in [3.63, 3.8) is 0 Å². The third kappa shape index (κ3) is 1.19. The van der Waals surface area contributed by atoms with E-state index in [4.69, 9.17) is 0 Å². The van der Waals surface area contributed by atoms with Crippen molar-refractivity contribution in [3.8, 4) is 0 Å². The van der Waals surface area contributed by atoms with E-state index in [1.54, 1.807) is 0 Å². The van der Waals surface area contributed by atoms with Gasteiger partial charge < -0.3 is 10.6 Å². The normalized spacial score (nSPS) is 35.3. The zero-order valence-corrected chi connectivity index (χ0v) is 12.3. The molecule has 22 heavy (non-hydrogen) atoms. The van der Waals surface area contributed by atoms with E-state index < -0.39 is 11.3 Å². The van der Waals surface area contributed by atoms with Crippen molar-refractivity contribution >= 4 is 12.1 Å². The minimum Gasteiger partial charge on any atom is -0.311 e. The van der Waals surface area contributed by atoms with Crippen LogP contribution in [-0.4, -0.2) is 33.2 Å². The summed E-state index contributed by atoms with van der Waals surface area (Å²) in [6, 6.07) is 7.97. The van der Waals surface area contributed by atoms with Crippen molar-refractivity contribution in [1.82, 2.24) is 20.4 Å². The zero-order valence-electron chi connectivity index (χ0n) is 12.3. The van der Waals surface area contributed by atoms with E-state index in [-0.39, 0.29) is 12.1 Å². The molecule has 0 atom stereocenters. The van der Waals surface area contributed by atoms with Gasteiger partial charge in [-0.1, -0.05) is 24.3 Å². The maximum Gasteiger partial charge on any atom is 0.321 e. The lowest BCUT2D eigenvalue weighted by Crippen LogP contribution is -2.67. The van der Waals surface area contributed by atoms with Gasteiger partial charge in [0.2, 0.25) is 0 Å². The number of nitrogens with zero attached hydrogens (tertiary/aromatic N) is 2. The van der Waals surface area contributed by atoms with Crippen LogP contribution in [0.5, 0.6) is 0 Å². The smallest absolute Gasteiger partial charge is 0.311 e. The zero-order chi connectivity index (χ0) is 14.9. The maximum atomic E-state index is 12.7. The molecule has 3 aliphatic heterocycles. The highest BCUT2D eigenvalue weighted by atomic mass is 16.2. The predicted molar refractivity (Wildman–Crippen MR) is 78.5 cm³/mol. The van der Waals surface area contributed by atoms with Gasteiger partial charge in [0.25, 0.3) is 0 Å². The molecule has 3 fully saturated rings. The molecule has 6 nitrogen and oxygen atoms in total. The molecule has 2 saturated heterocycles. The molecule has 6 heteroatoms. The highest BCUT2D eigenvalue weighted by Gasteiger charge is 2.72. The van der Waals surface area contributed by atoms with Gasteiger partial charge in [0.05, 0.1) is 13.1 Å². The van der Waals surface area contributed by atoms with Gasteiger partial charge in [-0.2, -0.15) is 0 Å². The van der Waals surface area contributed by atoms with Gasteiger partial charge >= 0.3 is 12.1 Å². The van der Waals surface area contributed by atoms with Gasteiger partial charge in [0, 0.05) is 0 Å². The number of hydrogen-bond acceptors (Lipinski definition) is 2. The number of carbonyl (C=O) groups excluding carboxylic acids is 2. The van der Waals surface area contributed by atoms with Crippen LogP contribution < -0.4 is 10.6 Å². The first-order valence-corrected chi connectivity index (χ1v) is 7.93. The van der Waals surface area contributed by atoms with Crippen molar-refractivity contribution in [2.75, 3.05) is 0 Å². The van der Waals surface area contributed by atoms with Crippen LogP contribution in [-0.2, 0) is 13.1 Å². The van der Waals surface area contributed by atoms with E-state index in [1.165, 1.54) is 0 Å². The second kappa shape index (κ2) is 3.74. The van der Waals surface area contributed by atoms with Gasteiger partial charge in [-0.25, -0.2) is 9.59 Å². The molecule has 4 amide bonds. The van der Waals surface area contributed by atoms with E-state index in [2.05, 4.69) is 22.8 Å². The molecular formula is C16H18N4O2. The fourth-order valence-corrected chi connectivity index (χ4v) is 4.86. The number of urea groups is 2. The average Bonchev–Trinajstić information content (AvgIpc) is 2.81. The number of amides is 4. The number of hydrogen-bond donors (Lipinski definition) is 2. The lowest BCUT2D eigenvalue weighted by molar-refractivity contribution is -0.0358. The van der Waals surface area contributed by atoms with Crippen LogP contribution in [0.3, 0.4) is 0 Å². The Kier molecular flexibility index (Phi) is 2.10. The minimum atomic E-state index is -0.624. The summed E-state index contributed by atoms with van der Waals surface area (Å²) in [4.78, 5) is 29.1. The molecule has 2 N–H and O–H groups in total.